The minimum absolute atomic E-state index is 0.161. The third-order valence-electron chi connectivity index (χ3n) is 2.45. The Hall–Kier alpha value is -0.410. The number of aromatic nitrogens is 1. The number of rotatable bonds is 4. The van der Waals surface area contributed by atoms with Gasteiger partial charge in [0.05, 0.1) is 10.7 Å². The fraction of sp³-hybridized carbons (Fsp3) is 0.700. The van der Waals surface area contributed by atoms with Crippen molar-refractivity contribution in [2.45, 2.75) is 44.6 Å². The first-order chi connectivity index (χ1) is 6.31. The molecule has 0 amide bonds. The van der Waals surface area contributed by atoms with Gasteiger partial charge in [-0.1, -0.05) is 13.3 Å². The zero-order valence-corrected chi connectivity index (χ0v) is 8.81. The average Bonchev–Trinajstić information content (AvgIpc) is 2.84. The lowest BCUT2D eigenvalue weighted by atomic mass is 10.1. The van der Waals surface area contributed by atoms with Gasteiger partial charge in [0.2, 0.25) is 0 Å². The highest BCUT2D eigenvalue weighted by Gasteiger charge is 2.27. The van der Waals surface area contributed by atoms with Gasteiger partial charge in [-0.15, -0.1) is 11.3 Å². The zero-order valence-electron chi connectivity index (χ0n) is 7.99. The molecule has 0 aromatic carbocycles. The van der Waals surface area contributed by atoms with Crippen LogP contribution in [0.1, 0.15) is 55.3 Å². The van der Waals surface area contributed by atoms with Gasteiger partial charge < -0.3 is 5.73 Å². The molecule has 2 N–H and O–H groups in total. The summed E-state index contributed by atoms with van der Waals surface area (Å²) in [6.45, 7) is 2.16. The van der Waals surface area contributed by atoms with E-state index in [2.05, 4.69) is 17.3 Å². The molecule has 0 bridgehead atoms. The SMILES string of the molecule is CCCC(N)c1csc(C2CC2)n1. The van der Waals surface area contributed by atoms with Crippen molar-refractivity contribution in [3.8, 4) is 0 Å². The van der Waals surface area contributed by atoms with E-state index in [0.29, 0.717) is 0 Å². The lowest BCUT2D eigenvalue weighted by molar-refractivity contribution is 0.623. The van der Waals surface area contributed by atoms with Crippen LogP contribution >= 0.6 is 11.3 Å². The van der Waals surface area contributed by atoms with E-state index in [1.807, 2.05) is 0 Å². The number of thiazole rings is 1. The average molecular weight is 196 g/mol. The van der Waals surface area contributed by atoms with Gasteiger partial charge in [0.1, 0.15) is 0 Å². The molecule has 1 aliphatic carbocycles. The quantitative estimate of drug-likeness (QED) is 0.804. The minimum Gasteiger partial charge on any atom is -0.323 e. The smallest absolute Gasteiger partial charge is 0.0959 e. The summed E-state index contributed by atoms with van der Waals surface area (Å²) in [5.74, 6) is 0.771. The van der Waals surface area contributed by atoms with Crippen LogP contribution in [-0.4, -0.2) is 4.98 Å². The van der Waals surface area contributed by atoms with Crippen LogP contribution in [0.2, 0.25) is 0 Å². The number of hydrogen-bond donors (Lipinski definition) is 1. The van der Waals surface area contributed by atoms with Crippen molar-refractivity contribution >= 4 is 11.3 Å². The highest BCUT2D eigenvalue weighted by molar-refractivity contribution is 7.09. The van der Waals surface area contributed by atoms with E-state index in [9.17, 15) is 0 Å². The van der Waals surface area contributed by atoms with Crippen LogP contribution in [0.3, 0.4) is 0 Å². The van der Waals surface area contributed by atoms with Gasteiger partial charge in [0, 0.05) is 17.3 Å². The Labute approximate surface area is 83.2 Å². The number of nitrogens with zero attached hydrogens (tertiary/aromatic N) is 1. The monoisotopic (exact) mass is 196 g/mol. The Balaban J connectivity index is 2.03. The predicted molar refractivity (Wildman–Crippen MR) is 55.9 cm³/mol. The van der Waals surface area contributed by atoms with E-state index >= 15 is 0 Å². The Bertz CT molecular complexity index is 278. The molecule has 0 spiro atoms. The Morgan fingerprint density at radius 3 is 3.08 bits per heavy atom. The van der Waals surface area contributed by atoms with Crippen LogP contribution < -0.4 is 5.73 Å². The van der Waals surface area contributed by atoms with Gasteiger partial charge in [-0.05, 0) is 19.3 Å². The van der Waals surface area contributed by atoms with E-state index in [1.165, 1.54) is 17.8 Å². The molecule has 1 heterocycles. The summed E-state index contributed by atoms with van der Waals surface area (Å²) in [5, 5.41) is 3.44. The first kappa shape index (κ1) is 9.16. The van der Waals surface area contributed by atoms with Crippen LogP contribution in [0.5, 0.6) is 0 Å². The fourth-order valence-corrected chi connectivity index (χ4v) is 2.50. The Morgan fingerprint density at radius 2 is 2.46 bits per heavy atom. The van der Waals surface area contributed by atoms with E-state index < -0.39 is 0 Å². The second kappa shape index (κ2) is 3.76. The molecule has 1 unspecified atom stereocenters. The van der Waals surface area contributed by atoms with Gasteiger partial charge in [-0.25, -0.2) is 4.98 Å². The maximum atomic E-state index is 5.98. The standard InChI is InChI=1S/C10H16N2S/c1-2-3-8(11)9-6-13-10(12-9)7-4-5-7/h6-8H,2-5,11H2,1H3. The zero-order chi connectivity index (χ0) is 9.26. The van der Waals surface area contributed by atoms with Gasteiger partial charge in [0.25, 0.3) is 0 Å². The summed E-state index contributed by atoms with van der Waals surface area (Å²) >= 11 is 1.78. The molecular formula is C10H16N2S. The summed E-state index contributed by atoms with van der Waals surface area (Å²) in [5.41, 5.74) is 7.09. The summed E-state index contributed by atoms with van der Waals surface area (Å²) in [4.78, 5) is 4.58. The van der Waals surface area contributed by atoms with Crippen molar-refractivity contribution in [3.63, 3.8) is 0 Å². The highest BCUT2D eigenvalue weighted by atomic mass is 32.1. The molecule has 13 heavy (non-hydrogen) atoms. The summed E-state index contributed by atoms with van der Waals surface area (Å²) in [7, 11) is 0. The van der Waals surface area contributed by atoms with Gasteiger partial charge in [-0.2, -0.15) is 0 Å². The molecule has 1 fully saturated rings. The third kappa shape index (κ3) is 2.09. The minimum atomic E-state index is 0.161. The van der Waals surface area contributed by atoms with Crippen molar-refractivity contribution in [2.75, 3.05) is 0 Å². The largest absolute Gasteiger partial charge is 0.323 e. The number of hydrogen-bond acceptors (Lipinski definition) is 3. The molecule has 0 aliphatic heterocycles. The van der Waals surface area contributed by atoms with Crippen molar-refractivity contribution in [1.82, 2.24) is 4.98 Å². The van der Waals surface area contributed by atoms with Crippen LogP contribution in [-0.2, 0) is 0 Å². The van der Waals surface area contributed by atoms with E-state index in [4.69, 9.17) is 5.73 Å². The predicted octanol–water partition coefficient (Wildman–Crippen LogP) is 2.82. The number of nitrogens with two attached hydrogens (primary N) is 1. The topological polar surface area (TPSA) is 38.9 Å². The molecule has 3 heteroatoms. The summed E-state index contributed by atoms with van der Waals surface area (Å²) in [6.07, 6.45) is 4.84. The first-order valence-electron chi connectivity index (χ1n) is 5.02. The molecule has 0 saturated heterocycles. The highest BCUT2D eigenvalue weighted by Crippen LogP contribution is 2.41. The first-order valence-corrected chi connectivity index (χ1v) is 5.90. The molecule has 1 aromatic heterocycles. The van der Waals surface area contributed by atoms with E-state index in [0.717, 1.165) is 24.5 Å². The molecular weight excluding hydrogens is 180 g/mol. The second-order valence-corrected chi connectivity index (χ2v) is 4.67. The second-order valence-electron chi connectivity index (χ2n) is 3.78. The molecule has 2 rings (SSSR count). The normalized spacial score (nSPS) is 18.9. The lowest BCUT2D eigenvalue weighted by Crippen LogP contribution is -2.09. The Kier molecular flexibility index (Phi) is 2.65. The Morgan fingerprint density at radius 1 is 1.69 bits per heavy atom. The van der Waals surface area contributed by atoms with E-state index in [1.54, 1.807) is 11.3 Å². The third-order valence-corrected chi connectivity index (χ3v) is 3.47. The summed E-state index contributed by atoms with van der Waals surface area (Å²) < 4.78 is 0. The van der Waals surface area contributed by atoms with Crippen LogP contribution in [0.4, 0.5) is 0 Å². The van der Waals surface area contributed by atoms with Crippen LogP contribution in [0.25, 0.3) is 0 Å². The van der Waals surface area contributed by atoms with Gasteiger partial charge in [0.15, 0.2) is 0 Å². The van der Waals surface area contributed by atoms with Gasteiger partial charge in [-0.3, -0.25) is 0 Å². The van der Waals surface area contributed by atoms with Crippen molar-refractivity contribution in [3.05, 3.63) is 16.1 Å². The molecule has 2 nitrogen and oxygen atoms in total. The molecule has 1 aliphatic rings. The maximum absolute atomic E-state index is 5.98. The van der Waals surface area contributed by atoms with E-state index in [-0.39, 0.29) is 6.04 Å². The van der Waals surface area contributed by atoms with Crippen molar-refractivity contribution < 1.29 is 0 Å². The van der Waals surface area contributed by atoms with Crippen LogP contribution in [0, 0.1) is 0 Å². The molecule has 1 saturated carbocycles. The van der Waals surface area contributed by atoms with Crippen molar-refractivity contribution in [2.24, 2.45) is 5.73 Å². The fourth-order valence-electron chi connectivity index (χ4n) is 1.45. The molecule has 0 radical (unpaired) electrons. The maximum Gasteiger partial charge on any atom is 0.0959 e. The molecule has 1 aromatic rings. The van der Waals surface area contributed by atoms with Crippen molar-refractivity contribution in [1.29, 1.82) is 0 Å². The van der Waals surface area contributed by atoms with Crippen LogP contribution in [0.15, 0.2) is 5.38 Å². The lowest BCUT2D eigenvalue weighted by Gasteiger charge is -2.05. The van der Waals surface area contributed by atoms with Gasteiger partial charge >= 0.3 is 0 Å². The molecule has 72 valence electrons. The molecule has 1 atom stereocenters. The summed E-state index contributed by atoms with van der Waals surface area (Å²) in [6, 6.07) is 0.161.